The Morgan fingerprint density at radius 2 is 2.18 bits per heavy atom. The molecule has 2 rings (SSSR count). The van der Waals surface area contributed by atoms with Crippen molar-refractivity contribution in [2.24, 2.45) is 0 Å². The Bertz CT molecular complexity index is 664. The van der Waals surface area contributed by atoms with Crippen LogP contribution in [0.25, 0.3) is 0 Å². The Labute approximate surface area is 167 Å². The number of carbonyl (C=O) groups is 1. The van der Waals surface area contributed by atoms with Crippen molar-refractivity contribution >= 4 is 17.3 Å². The van der Waals surface area contributed by atoms with Crippen molar-refractivity contribution in [3.8, 4) is 5.75 Å². The zero-order valence-electron chi connectivity index (χ0n) is 16.5. The zero-order chi connectivity index (χ0) is 20.9. The number of hydrogen-bond donors (Lipinski definition) is 1. The number of halogens is 2. The largest absolute Gasteiger partial charge is 0.598 e. The molecule has 0 spiro atoms. The zero-order valence-corrected chi connectivity index (χ0v) is 17.3. The molecule has 0 bridgehead atoms. The number of nitrogens with one attached hydrogen (secondary N) is 1. The van der Waals surface area contributed by atoms with E-state index >= 15 is 0 Å². The summed E-state index contributed by atoms with van der Waals surface area (Å²) in [6.45, 7) is 7.54. The lowest BCUT2D eigenvalue weighted by Crippen LogP contribution is -2.46. The van der Waals surface area contributed by atoms with Gasteiger partial charge >= 0.3 is 5.97 Å². The van der Waals surface area contributed by atoms with Gasteiger partial charge in [-0.15, -0.1) is 4.72 Å². The van der Waals surface area contributed by atoms with E-state index in [4.69, 9.17) is 14.2 Å². The number of esters is 1. The van der Waals surface area contributed by atoms with Gasteiger partial charge in [-0.05, 0) is 45.9 Å². The van der Waals surface area contributed by atoms with Crippen LogP contribution in [0.15, 0.2) is 18.2 Å². The Morgan fingerprint density at radius 1 is 1.46 bits per heavy atom. The van der Waals surface area contributed by atoms with E-state index in [1.807, 2.05) is 0 Å². The minimum absolute atomic E-state index is 0.0261. The van der Waals surface area contributed by atoms with Gasteiger partial charge in [0.25, 0.3) is 0 Å². The quantitative estimate of drug-likeness (QED) is 0.516. The summed E-state index contributed by atoms with van der Waals surface area (Å²) in [5, 5.41) is 0. The Morgan fingerprint density at radius 3 is 2.75 bits per heavy atom. The third-order valence-electron chi connectivity index (χ3n) is 4.09. The molecule has 0 aliphatic carbocycles. The highest BCUT2D eigenvalue weighted by Gasteiger charge is 2.39. The average Bonchev–Trinajstić information content (AvgIpc) is 3.13. The highest BCUT2D eigenvalue weighted by Crippen LogP contribution is 2.30. The Kier molecular flexibility index (Phi) is 8.06. The number of carbonyl (C=O) groups excluding carboxylic acids is 1. The molecule has 1 aliphatic heterocycles. The second kappa shape index (κ2) is 9.87. The summed E-state index contributed by atoms with van der Waals surface area (Å²) in [5.74, 6) is -1.58. The molecule has 0 aromatic heterocycles. The van der Waals surface area contributed by atoms with Gasteiger partial charge in [0.1, 0.15) is 28.5 Å². The summed E-state index contributed by atoms with van der Waals surface area (Å²) in [7, 11) is 0. The molecular formula is C19H27F2NO5S. The molecule has 28 heavy (non-hydrogen) atoms. The van der Waals surface area contributed by atoms with E-state index in [1.165, 1.54) is 12.1 Å². The first-order chi connectivity index (χ1) is 13.1. The van der Waals surface area contributed by atoms with Gasteiger partial charge in [0.2, 0.25) is 6.17 Å². The van der Waals surface area contributed by atoms with Gasteiger partial charge in [0.15, 0.2) is 0 Å². The van der Waals surface area contributed by atoms with Crippen LogP contribution in [0.1, 0.15) is 45.7 Å². The predicted octanol–water partition coefficient (Wildman–Crippen LogP) is 2.99. The molecule has 9 heteroatoms. The second-order valence-electron chi connectivity index (χ2n) is 7.42. The van der Waals surface area contributed by atoms with Crippen molar-refractivity contribution in [3.63, 3.8) is 0 Å². The first kappa shape index (κ1) is 22.9. The van der Waals surface area contributed by atoms with Crippen LogP contribution in [0.2, 0.25) is 0 Å². The van der Waals surface area contributed by atoms with Gasteiger partial charge in [-0.2, -0.15) is 0 Å². The predicted molar refractivity (Wildman–Crippen MR) is 102 cm³/mol. The molecule has 6 nitrogen and oxygen atoms in total. The third-order valence-corrected chi connectivity index (χ3v) is 5.67. The van der Waals surface area contributed by atoms with Gasteiger partial charge in [0, 0.05) is 23.3 Å². The van der Waals surface area contributed by atoms with Crippen molar-refractivity contribution in [2.45, 2.75) is 57.2 Å². The van der Waals surface area contributed by atoms with Gasteiger partial charge < -0.3 is 18.8 Å². The van der Waals surface area contributed by atoms with Crippen LogP contribution in [0, 0.1) is 5.82 Å². The smallest absolute Gasteiger partial charge is 0.342 e. The van der Waals surface area contributed by atoms with Gasteiger partial charge in [0.05, 0.1) is 19.8 Å². The number of alkyl halides is 1. The molecular weight excluding hydrogens is 392 g/mol. The second-order valence-corrected chi connectivity index (χ2v) is 9.42. The van der Waals surface area contributed by atoms with Crippen LogP contribution in [-0.2, 0) is 25.6 Å². The fourth-order valence-electron chi connectivity index (χ4n) is 2.56. The number of benzene rings is 1. The molecule has 1 N–H and O–H groups in total. The number of hydrogen-bond acceptors (Lipinski definition) is 6. The summed E-state index contributed by atoms with van der Waals surface area (Å²) < 4.78 is 59.5. The highest BCUT2D eigenvalue weighted by molar-refractivity contribution is 7.90. The topological polar surface area (TPSA) is 79.9 Å². The minimum Gasteiger partial charge on any atom is -0.598 e. The lowest BCUT2D eigenvalue weighted by atomic mass is 10.0. The van der Waals surface area contributed by atoms with Crippen LogP contribution in [0.5, 0.6) is 5.75 Å². The Balaban J connectivity index is 2.33. The fourth-order valence-corrected chi connectivity index (χ4v) is 3.39. The SMILES string of the molecule is CCOC(=O)[C@H](F)[C@@H](N[S+]([O-])C(C)(C)C)c1cc(O[C@@H]2CCOC2)ccc1F. The van der Waals surface area contributed by atoms with Crippen molar-refractivity contribution < 1.29 is 32.3 Å². The van der Waals surface area contributed by atoms with Crippen LogP contribution in [0.4, 0.5) is 8.78 Å². The van der Waals surface area contributed by atoms with Crippen LogP contribution in [-0.4, -0.2) is 47.4 Å². The normalized spacial score (nSPS) is 20.5. The molecule has 1 aromatic carbocycles. The summed E-state index contributed by atoms with van der Waals surface area (Å²) in [6, 6.07) is 2.37. The van der Waals surface area contributed by atoms with Crippen LogP contribution < -0.4 is 9.46 Å². The van der Waals surface area contributed by atoms with Crippen molar-refractivity contribution in [3.05, 3.63) is 29.6 Å². The van der Waals surface area contributed by atoms with E-state index in [2.05, 4.69) is 4.72 Å². The van der Waals surface area contributed by atoms with E-state index in [1.54, 1.807) is 27.7 Å². The Hall–Kier alpha value is -1.42. The van der Waals surface area contributed by atoms with Gasteiger partial charge in [-0.3, -0.25) is 0 Å². The monoisotopic (exact) mass is 419 g/mol. The first-order valence-corrected chi connectivity index (χ1v) is 10.3. The van der Waals surface area contributed by atoms with E-state index in [0.717, 1.165) is 6.07 Å². The van der Waals surface area contributed by atoms with Crippen molar-refractivity contribution in [1.82, 2.24) is 4.72 Å². The fraction of sp³-hybridized carbons (Fsp3) is 0.632. The molecule has 4 atom stereocenters. The maximum atomic E-state index is 14.9. The maximum absolute atomic E-state index is 14.9. The minimum atomic E-state index is -2.24. The molecule has 0 radical (unpaired) electrons. The van der Waals surface area contributed by atoms with Gasteiger partial charge in [-0.25, -0.2) is 13.6 Å². The van der Waals surface area contributed by atoms with Gasteiger partial charge in [-0.1, -0.05) is 0 Å². The molecule has 1 unspecified atom stereocenters. The van der Waals surface area contributed by atoms with E-state index in [-0.39, 0.29) is 18.3 Å². The van der Waals surface area contributed by atoms with E-state index < -0.39 is 40.1 Å². The van der Waals surface area contributed by atoms with Crippen molar-refractivity contribution in [1.29, 1.82) is 0 Å². The van der Waals surface area contributed by atoms with E-state index in [9.17, 15) is 18.1 Å². The molecule has 1 aliphatic rings. The summed E-state index contributed by atoms with van der Waals surface area (Å²) in [5.41, 5.74) is -0.158. The summed E-state index contributed by atoms with van der Waals surface area (Å²) >= 11 is -1.75. The summed E-state index contributed by atoms with van der Waals surface area (Å²) in [4.78, 5) is 12.0. The van der Waals surface area contributed by atoms with E-state index in [0.29, 0.717) is 25.4 Å². The number of ether oxygens (including phenoxy) is 3. The maximum Gasteiger partial charge on any atom is 0.342 e. The number of rotatable bonds is 8. The molecule has 0 saturated carbocycles. The highest BCUT2D eigenvalue weighted by atomic mass is 32.2. The average molecular weight is 419 g/mol. The molecule has 1 saturated heterocycles. The molecule has 1 aromatic rings. The molecule has 1 fully saturated rings. The van der Waals surface area contributed by atoms with Crippen molar-refractivity contribution in [2.75, 3.05) is 19.8 Å². The summed E-state index contributed by atoms with van der Waals surface area (Å²) in [6.07, 6.45) is -1.73. The third kappa shape index (κ3) is 6.04. The van der Waals surface area contributed by atoms with Crippen LogP contribution in [0.3, 0.4) is 0 Å². The first-order valence-electron chi connectivity index (χ1n) is 9.16. The standard InChI is InChI=1S/C19H27F2NO5S/c1-5-26-18(23)16(21)17(22-28(24)19(2,3)4)14-10-12(6-7-15(14)20)27-13-8-9-25-11-13/h6-7,10,13,16-17,22H,5,8-9,11H2,1-4H3/t13-,16-,17+,28?/m1/s1. The lowest BCUT2D eigenvalue weighted by molar-refractivity contribution is -0.150. The molecule has 158 valence electrons. The molecule has 0 amide bonds. The molecule has 1 heterocycles. The van der Waals surface area contributed by atoms with Crippen LogP contribution >= 0.6 is 0 Å². The lowest BCUT2D eigenvalue weighted by Gasteiger charge is -2.29.